The molecule has 0 aliphatic rings. The number of amides is 1. The Morgan fingerprint density at radius 2 is 1.59 bits per heavy atom. The highest BCUT2D eigenvalue weighted by Crippen LogP contribution is 2.22. The first kappa shape index (κ1) is 23.1. The summed E-state index contributed by atoms with van der Waals surface area (Å²) in [5, 5.41) is 2.63. The van der Waals surface area contributed by atoms with Crippen molar-refractivity contribution in [2.45, 2.75) is 43.0 Å². The fourth-order valence-corrected chi connectivity index (χ4v) is 5.56. The number of rotatable bonds is 8. The minimum Gasteiger partial charge on any atom is -0.322 e. The normalized spacial score (nSPS) is 12.3. The molecule has 7 nitrogen and oxygen atoms in total. The van der Waals surface area contributed by atoms with Gasteiger partial charge in [0.25, 0.3) is 5.91 Å². The predicted octanol–water partition coefficient (Wildman–Crippen LogP) is 3.15. The van der Waals surface area contributed by atoms with Gasteiger partial charge in [-0.25, -0.2) is 16.8 Å². The average molecular weight is 439 g/mol. The van der Waals surface area contributed by atoms with Crippen LogP contribution in [-0.2, 0) is 19.9 Å². The van der Waals surface area contributed by atoms with Gasteiger partial charge in [-0.1, -0.05) is 19.1 Å². The Hall–Kier alpha value is -2.23. The van der Waals surface area contributed by atoms with Crippen molar-refractivity contribution < 1.29 is 21.6 Å². The number of nitrogens with one attached hydrogen (secondary N) is 1. The first-order valence-electron chi connectivity index (χ1n) is 9.22. The van der Waals surface area contributed by atoms with E-state index in [0.717, 1.165) is 0 Å². The van der Waals surface area contributed by atoms with Gasteiger partial charge in [-0.3, -0.25) is 4.79 Å². The minimum atomic E-state index is -3.63. The van der Waals surface area contributed by atoms with E-state index >= 15 is 0 Å². The number of sulfone groups is 1. The molecule has 2 rings (SSSR count). The Morgan fingerprint density at radius 1 is 1.00 bits per heavy atom. The fraction of sp³-hybridized carbons (Fsp3) is 0.350. The van der Waals surface area contributed by atoms with E-state index in [1.165, 1.54) is 47.8 Å². The lowest BCUT2D eigenvalue weighted by Gasteiger charge is -2.21. The lowest BCUT2D eigenvalue weighted by atomic mass is 10.2. The molecule has 0 aromatic heterocycles. The van der Waals surface area contributed by atoms with E-state index in [1.54, 1.807) is 32.9 Å². The summed E-state index contributed by atoms with van der Waals surface area (Å²) in [6, 6.07) is 11.6. The molecule has 29 heavy (non-hydrogen) atoms. The van der Waals surface area contributed by atoms with Crippen LogP contribution in [0.2, 0.25) is 0 Å². The van der Waals surface area contributed by atoms with Crippen LogP contribution in [0.3, 0.4) is 0 Å². The zero-order chi connectivity index (χ0) is 21.8. The summed E-state index contributed by atoms with van der Waals surface area (Å²) in [5.41, 5.74) is 0.418. The number of anilines is 1. The van der Waals surface area contributed by atoms with E-state index in [2.05, 4.69) is 5.32 Å². The minimum absolute atomic E-state index is 0.0166. The number of nitrogens with zero attached hydrogens (tertiary/aromatic N) is 1. The Kier molecular flexibility index (Phi) is 7.20. The Balaban J connectivity index is 2.28. The molecule has 158 valence electrons. The van der Waals surface area contributed by atoms with Crippen LogP contribution < -0.4 is 5.32 Å². The van der Waals surface area contributed by atoms with Crippen LogP contribution in [0.4, 0.5) is 5.69 Å². The molecule has 2 aromatic carbocycles. The molecule has 0 fully saturated rings. The average Bonchev–Trinajstić information content (AvgIpc) is 2.67. The highest BCUT2D eigenvalue weighted by atomic mass is 32.2. The summed E-state index contributed by atoms with van der Waals surface area (Å²) in [6.07, 6.45) is 0.443. The van der Waals surface area contributed by atoms with Crippen molar-refractivity contribution in [3.8, 4) is 0 Å². The van der Waals surface area contributed by atoms with Crippen LogP contribution in [0.15, 0.2) is 58.3 Å². The maximum atomic E-state index is 12.7. The number of carbonyl (C=O) groups excluding carboxylic acids is 1. The van der Waals surface area contributed by atoms with E-state index in [0.29, 0.717) is 12.1 Å². The van der Waals surface area contributed by atoms with E-state index in [1.807, 2.05) is 0 Å². The predicted molar refractivity (Wildman–Crippen MR) is 113 cm³/mol. The van der Waals surface area contributed by atoms with Gasteiger partial charge in [0.15, 0.2) is 9.84 Å². The van der Waals surface area contributed by atoms with E-state index < -0.39 is 25.8 Å². The van der Waals surface area contributed by atoms with Gasteiger partial charge in [-0.15, -0.1) is 0 Å². The third kappa shape index (κ3) is 5.23. The second-order valence-electron chi connectivity index (χ2n) is 6.91. The highest BCUT2D eigenvalue weighted by molar-refractivity contribution is 7.91. The van der Waals surface area contributed by atoms with Crippen molar-refractivity contribution in [3.05, 3.63) is 54.1 Å². The van der Waals surface area contributed by atoms with Crippen LogP contribution in [-0.4, -0.2) is 45.9 Å². The summed E-state index contributed by atoms with van der Waals surface area (Å²) in [5.74, 6) is -0.622. The molecule has 0 atom stereocenters. The van der Waals surface area contributed by atoms with Crippen molar-refractivity contribution in [3.63, 3.8) is 0 Å². The molecule has 1 amide bonds. The quantitative estimate of drug-likeness (QED) is 0.682. The van der Waals surface area contributed by atoms with Crippen LogP contribution in [0, 0.1) is 0 Å². The molecule has 9 heteroatoms. The third-order valence-electron chi connectivity index (χ3n) is 4.46. The smallest absolute Gasteiger partial charge is 0.256 e. The van der Waals surface area contributed by atoms with Gasteiger partial charge < -0.3 is 5.32 Å². The molecule has 0 saturated heterocycles. The molecule has 0 unspecified atom stereocenters. The molecular formula is C20H26N2O5S2. The maximum Gasteiger partial charge on any atom is 0.256 e. The van der Waals surface area contributed by atoms with Crippen molar-refractivity contribution in [1.29, 1.82) is 0 Å². The zero-order valence-electron chi connectivity index (χ0n) is 16.9. The second-order valence-corrected chi connectivity index (χ2v) is 11.0. The molecule has 2 aromatic rings. The SMILES string of the molecule is CCCS(=O)(=O)c1ccccc1C(=O)Nc1ccc(S(=O)(=O)N(C)C(C)C)cc1. The van der Waals surface area contributed by atoms with Gasteiger partial charge in [0.1, 0.15) is 0 Å². The number of hydrogen-bond donors (Lipinski definition) is 1. The number of benzene rings is 2. The molecule has 0 bridgehead atoms. The Bertz CT molecular complexity index is 1080. The van der Waals surface area contributed by atoms with Crippen molar-refractivity contribution >= 4 is 31.5 Å². The summed E-state index contributed by atoms with van der Waals surface area (Å²) < 4.78 is 51.2. The van der Waals surface area contributed by atoms with Gasteiger partial charge in [0.05, 0.1) is 21.1 Å². The standard InChI is InChI=1S/C20H26N2O5S2/c1-5-14-28(24,25)19-9-7-6-8-18(19)20(23)21-16-10-12-17(13-11-16)29(26,27)22(4)15(2)3/h6-13,15H,5,14H2,1-4H3,(H,21,23). The Morgan fingerprint density at radius 3 is 2.14 bits per heavy atom. The molecule has 1 N–H and O–H groups in total. The van der Waals surface area contributed by atoms with Crippen molar-refractivity contribution in [2.75, 3.05) is 18.1 Å². The van der Waals surface area contributed by atoms with E-state index in [9.17, 15) is 21.6 Å². The van der Waals surface area contributed by atoms with Crippen LogP contribution >= 0.6 is 0 Å². The summed E-state index contributed by atoms with van der Waals surface area (Å²) in [7, 11) is -5.69. The van der Waals surface area contributed by atoms with E-state index in [-0.39, 0.29) is 27.1 Å². The number of sulfonamides is 1. The van der Waals surface area contributed by atoms with Gasteiger partial charge in [0.2, 0.25) is 10.0 Å². The summed E-state index contributed by atoms with van der Waals surface area (Å²) in [4.78, 5) is 12.8. The molecule has 0 aliphatic carbocycles. The van der Waals surface area contributed by atoms with Crippen LogP contribution in [0.1, 0.15) is 37.6 Å². The van der Waals surface area contributed by atoms with Crippen LogP contribution in [0.25, 0.3) is 0 Å². The highest BCUT2D eigenvalue weighted by Gasteiger charge is 2.24. The molecule has 0 spiro atoms. The van der Waals surface area contributed by atoms with Gasteiger partial charge >= 0.3 is 0 Å². The summed E-state index contributed by atoms with van der Waals surface area (Å²) in [6.45, 7) is 5.30. The van der Waals surface area contributed by atoms with Crippen molar-refractivity contribution in [1.82, 2.24) is 4.31 Å². The topological polar surface area (TPSA) is 101 Å². The molecule has 0 heterocycles. The first-order valence-corrected chi connectivity index (χ1v) is 12.3. The van der Waals surface area contributed by atoms with Crippen molar-refractivity contribution in [2.24, 2.45) is 0 Å². The van der Waals surface area contributed by atoms with E-state index in [4.69, 9.17) is 0 Å². The largest absolute Gasteiger partial charge is 0.322 e. The molecular weight excluding hydrogens is 412 g/mol. The maximum absolute atomic E-state index is 12.7. The lowest BCUT2D eigenvalue weighted by molar-refractivity contribution is 0.102. The van der Waals surface area contributed by atoms with Crippen LogP contribution in [0.5, 0.6) is 0 Å². The first-order chi connectivity index (χ1) is 13.5. The van der Waals surface area contributed by atoms with Gasteiger partial charge in [-0.05, 0) is 56.7 Å². The monoisotopic (exact) mass is 438 g/mol. The van der Waals surface area contributed by atoms with Gasteiger partial charge in [-0.2, -0.15) is 4.31 Å². The number of carbonyl (C=O) groups is 1. The number of hydrogen-bond acceptors (Lipinski definition) is 5. The zero-order valence-corrected chi connectivity index (χ0v) is 18.5. The second kappa shape index (κ2) is 9.06. The third-order valence-corrected chi connectivity index (χ3v) is 8.48. The molecule has 0 aliphatic heterocycles. The summed E-state index contributed by atoms with van der Waals surface area (Å²) >= 11 is 0. The van der Waals surface area contributed by atoms with Gasteiger partial charge in [0, 0.05) is 18.8 Å². The molecule has 0 radical (unpaired) electrons. The fourth-order valence-electron chi connectivity index (χ4n) is 2.66. The lowest BCUT2D eigenvalue weighted by Crippen LogP contribution is -2.33. The molecule has 0 saturated carbocycles. The Labute approximate surface area is 172 Å².